The molecule has 0 aliphatic heterocycles. The number of carbonyl (C=O) groups is 1. The highest BCUT2D eigenvalue weighted by Crippen LogP contribution is 2.25. The van der Waals surface area contributed by atoms with Crippen LogP contribution in [0.1, 0.15) is 36.1 Å². The lowest BCUT2D eigenvalue weighted by Gasteiger charge is -2.14. The van der Waals surface area contributed by atoms with Gasteiger partial charge in [0.1, 0.15) is 11.6 Å². The van der Waals surface area contributed by atoms with Gasteiger partial charge in [-0.2, -0.15) is 13.2 Å². The summed E-state index contributed by atoms with van der Waals surface area (Å²) in [7, 11) is 0. The third-order valence-electron chi connectivity index (χ3n) is 5.90. The van der Waals surface area contributed by atoms with E-state index < -0.39 is 41.8 Å². The van der Waals surface area contributed by atoms with Crippen molar-refractivity contribution in [2.45, 2.75) is 32.1 Å². The monoisotopic (exact) mass is 570 g/mol. The fraction of sp³-hybridized carbons (Fsp3) is 0.172. The molecule has 0 saturated carbocycles. The van der Waals surface area contributed by atoms with Crippen molar-refractivity contribution in [3.63, 3.8) is 0 Å². The zero-order chi connectivity index (χ0) is 30.2. The largest absolute Gasteiger partial charge is 0.417 e. The molecule has 0 bridgehead atoms. The molecule has 0 saturated heterocycles. The van der Waals surface area contributed by atoms with Crippen LogP contribution in [0.3, 0.4) is 0 Å². The molecule has 0 aliphatic carbocycles. The Morgan fingerprint density at radius 1 is 1.12 bits per heavy atom. The minimum Gasteiger partial charge on any atom is -0.383 e. The minimum absolute atomic E-state index is 0.0287. The van der Waals surface area contributed by atoms with Crippen molar-refractivity contribution in [2.24, 2.45) is 4.99 Å². The van der Waals surface area contributed by atoms with E-state index in [1.54, 1.807) is 24.4 Å². The standard InChI is InChI=1S/C29H27F5N6O/c1-17(21-7-9-25(30)26(31)12-21)40-27(41)10-8-24(29(32,33)34)16-38-18(2)37-14-19-3-5-20(6-4-19)23-11-22(13-35)28(36)39-15-23/h3-9,11-13,15-17,35,37H,2,10,14H2,1H3,(H2,36,39)(H,40,41)/b24-8+,35-13?,38-16-. The Morgan fingerprint density at radius 3 is 2.46 bits per heavy atom. The summed E-state index contributed by atoms with van der Waals surface area (Å²) in [4.78, 5) is 20.0. The van der Waals surface area contributed by atoms with E-state index in [9.17, 15) is 26.7 Å². The Morgan fingerprint density at radius 2 is 1.83 bits per heavy atom. The van der Waals surface area contributed by atoms with E-state index in [1.807, 2.05) is 12.1 Å². The normalized spacial score (nSPS) is 12.7. The number of rotatable bonds is 11. The number of anilines is 1. The summed E-state index contributed by atoms with van der Waals surface area (Å²) in [5.41, 5.74) is 7.73. The molecule has 3 aromatic rings. The second-order valence-corrected chi connectivity index (χ2v) is 8.92. The van der Waals surface area contributed by atoms with Crippen molar-refractivity contribution in [1.29, 1.82) is 5.41 Å². The Hall–Kier alpha value is -4.87. The molecule has 1 heterocycles. The van der Waals surface area contributed by atoms with E-state index in [4.69, 9.17) is 11.1 Å². The van der Waals surface area contributed by atoms with Gasteiger partial charge in [-0.15, -0.1) is 0 Å². The number of nitrogens with zero attached hydrogens (tertiary/aromatic N) is 2. The molecule has 41 heavy (non-hydrogen) atoms. The molecule has 7 nitrogen and oxygen atoms in total. The number of allylic oxidation sites excluding steroid dienone is 1. The van der Waals surface area contributed by atoms with Gasteiger partial charge in [0.25, 0.3) is 0 Å². The van der Waals surface area contributed by atoms with Crippen LogP contribution in [-0.2, 0) is 11.3 Å². The third kappa shape index (κ3) is 8.82. The van der Waals surface area contributed by atoms with Crippen molar-refractivity contribution >= 4 is 24.2 Å². The Kier molecular flexibility index (Phi) is 10.1. The molecule has 0 fully saturated rings. The lowest BCUT2D eigenvalue weighted by molar-refractivity contribution is -0.120. The molecule has 1 amide bonds. The predicted octanol–water partition coefficient (Wildman–Crippen LogP) is 5.99. The second-order valence-electron chi connectivity index (χ2n) is 8.92. The molecule has 0 aliphatic rings. The van der Waals surface area contributed by atoms with E-state index in [-0.39, 0.29) is 23.7 Å². The lowest BCUT2D eigenvalue weighted by atomic mass is 10.0. The maximum atomic E-state index is 13.5. The fourth-order valence-electron chi connectivity index (χ4n) is 3.59. The summed E-state index contributed by atoms with van der Waals surface area (Å²) in [6, 6.07) is 11.3. The zero-order valence-electron chi connectivity index (χ0n) is 21.9. The van der Waals surface area contributed by atoms with Crippen LogP contribution < -0.4 is 16.4 Å². The molecule has 1 atom stereocenters. The van der Waals surface area contributed by atoms with Gasteiger partial charge in [-0.25, -0.2) is 18.8 Å². The maximum absolute atomic E-state index is 13.5. The molecule has 0 spiro atoms. The first kappa shape index (κ1) is 30.7. The molecule has 2 aromatic carbocycles. The van der Waals surface area contributed by atoms with Crippen molar-refractivity contribution < 1.29 is 26.7 Å². The number of alkyl halides is 3. The van der Waals surface area contributed by atoms with Crippen LogP contribution in [0, 0.1) is 17.0 Å². The summed E-state index contributed by atoms with van der Waals surface area (Å²) in [5.74, 6) is -2.67. The summed E-state index contributed by atoms with van der Waals surface area (Å²) >= 11 is 0. The summed E-state index contributed by atoms with van der Waals surface area (Å²) in [6.45, 7) is 5.34. The zero-order valence-corrected chi connectivity index (χ0v) is 21.9. The average Bonchev–Trinajstić information content (AvgIpc) is 2.93. The first-order valence-electron chi connectivity index (χ1n) is 12.2. The van der Waals surface area contributed by atoms with Gasteiger partial charge in [0.05, 0.1) is 11.6 Å². The van der Waals surface area contributed by atoms with E-state index in [2.05, 4.69) is 27.2 Å². The number of hydrogen-bond acceptors (Lipinski definition) is 6. The number of nitrogens with two attached hydrogens (primary N) is 1. The molecular formula is C29H27F5N6O. The smallest absolute Gasteiger partial charge is 0.383 e. The predicted molar refractivity (Wildman–Crippen MR) is 148 cm³/mol. The summed E-state index contributed by atoms with van der Waals surface area (Å²) < 4.78 is 67.0. The van der Waals surface area contributed by atoms with Crippen molar-refractivity contribution in [3.05, 3.63) is 107 Å². The first-order chi connectivity index (χ1) is 19.4. The first-order valence-corrected chi connectivity index (χ1v) is 12.2. The van der Waals surface area contributed by atoms with Crippen LogP contribution in [0.25, 0.3) is 11.1 Å². The molecule has 12 heteroatoms. The van der Waals surface area contributed by atoms with Gasteiger partial charge >= 0.3 is 6.18 Å². The number of amides is 1. The average molecular weight is 571 g/mol. The number of halogens is 5. The SMILES string of the molecule is C=C(/N=C\C(=C/CC(=O)NC(C)c1ccc(F)c(F)c1)C(F)(F)F)NCc1ccc(-c2cnc(N)c(C=N)c2)cc1. The van der Waals surface area contributed by atoms with Crippen LogP contribution >= 0.6 is 0 Å². The quantitative estimate of drug-likeness (QED) is 0.167. The number of aliphatic imine (C=N–C) groups is 1. The van der Waals surface area contributed by atoms with Crippen molar-refractivity contribution in [2.75, 3.05) is 5.73 Å². The van der Waals surface area contributed by atoms with Crippen LogP contribution in [0.2, 0.25) is 0 Å². The van der Waals surface area contributed by atoms with E-state index in [0.29, 0.717) is 17.9 Å². The fourth-order valence-corrected chi connectivity index (χ4v) is 3.59. The molecule has 1 unspecified atom stereocenters. The van der Waals surface area contributed by atoms with Crippen LogP contribution in [0.15, 0.2) is 83.8 Å². The lowest BCUT2D eigenvalue weighted by Crippen LogP contribution is -2.26. The molecule has 5 N–H and O–H groups in total. The van der Waals surface area contributed by atoms with Crippen molar-refractivity contribution in [1.82, 2.24) is 15.6 Å². The highest BCUT2D eigenvalue weighted by Gasteiger charge is 2.32. The van der Waals surface area contributed by atoms with E-state index in [0.717, 1.165) is 35.0 Å². The number of nitrogens with one attached hydrogen (secondary N) is 3. The van der Waals surface area contributed by atoms with E-state index >= 15 is 0 Å². The van der Waals surface area contributed by atoms with Gasteiger partial charge in [0.15, 0.2) is 11.6 Å². The van der Waals surface area contributed by atoms with Crippen molar-refractivity contribution in [3.8, 4) is 11.1 Å². The second kappa shape index (κ2) is 13.5. The minimum atomic E-state index is -4.78. The van der Waals surface area contributed by atoms with Gasteiger partial charge in [-0.1, -0.05) is 43.0 Å². The van der Waals surface area contributed by atoms with Gasteiger partial charge in [-0.05, 0) is 41.8 Å². The number of carbonyl (C=O) groups excluding carboxylic acids is 1. The van der Waals surface area contributed by atoms with Gasteiger partial charge in [-0.3, -0.25) is 4.79 Å². The number of pyridine rings is 1. The highest BCUT2D eigenvalue weighted by molar-refractivity contribution is 5.86. The number of aromatic nitrogens is 1. The van der Waals surface area contributed by atoms with Gasteiger partial charge in [0.2, 0.25) is 5.91 Å². The van der Waals surface area contributed by atoms with Gasteiger partial charge < -0.3 is 21.8 Å². The van der Waals surface area contributed by atoms with Crippen LogP contribution in [0.5, 0.6) is 0 Å². The third-order valence-corrected chi connectivity index (χ3v) is 5.90. The molecule has 0 radical (unpaired) electrons. The Bertz CT molecular complexity index is 1480. The molecular weight excluding hydrogens is 543 g/mol. The highest BCUT2D eigenvalue weighted by atomic mass is 19.4. The summed E-state index contributed by atoms with van der Waals surface area (Å²) in [5, 5.41) is 12.7. The van der Waals surface area contributed by atoms with Crippen LogP contribution in [-0.4, -0.2) is 29.5 Å². The molecule has 1 aromatic heterocycles. The topological polar surface area (TPSA) is 116 Å². The number of hydrogen-bond donors (Lipinski definition) is 4. The summed E-state index contributed by atoms with van der Waals surface area (Å²) in [6.07, 6.45) is -1.44. The molecule has 214 valence electrons. The van der Waals surface area contributed by atoms with Gasteiger partial charge in [0, 0.05) is 42.7 Å². The maximum Gasteiger partial charge on any atom is 0.417 e. The Labute approximate surface area is 233 Å². The number of nitrogen functional groups attached to an aromatic ring is 1. The molecule has 3 rings (SSSR count). The Balaban J connectivity index is 1.57. The number of benzene rings is 2. The van der Waals surface area contributed by atoms with E-state index in [1.165, 1.54) is 13.0 Å². The van der Waals surface area contributed by atoms with Crippen LogP contribution in [0.4, 0.5) is 27.8 Å².